The van der Waals surface area contributed by atoms with E-state index in [2.05, 4.69) is 30.6 Å². The largest absolute Gasteiger partial charge is 0.396 e. The molecule has 2 heterocycles. The van der Waals surface area contributed by atoms with Crippen LogP contribution in [0, 0.1) is 0 Å². The molecule has 0 aliphatic rings. The molecule has 8 heteroatoms. The number of aliphatic imine (C=N–C) groups is 2. The highest BCUT2D eigenvalue weighted by molar-refractivity contribution is 5.77. The van der Waals surface area contributed by atoms with Gasteiger partial charge in [0.25, 0.3) is 0 Å². The zero-order chi connectivity index (χ0) is 22.7. The maximum Gasteiger partial charge on any atom is 0.0811 e. The SMILES string of the molecule is OCCCNCCN=Cc1cccc(CCc2cccc(C=NCCNCCCO)n2)n1. The molecule has 0 amide bonds. The van der Waals surface area contributed by atoms with Crippen molar-refractivity contribution in [1.82, 2.24) is 20.6 Å². The predicted molar refractivity (Wildman–Crippen MR) is 130 cm³/mol. The molecule has 2 rings (SSSR count). The minimum atomic E-state index is 0.213. The molecule has 2 aromatic rings. The molecular formula is C24H36N6O2. The van der Waals surface area contributed by atoms with Crippen LogP contribution in [0.4, 0.5) is 0 Å². The summed E-state index contributed by atoms with van der Waals surface area (Å²) in [4.78, 5) is 18.2. The van der Waals surface area contributed by atoms with Crippen LogP contribution in [0.5, 0.6) is 0 Å². The van der Waals surface area contributed by atoms with Crippen molar-refractivity contribution in [2.75, 3.05) is 52.5 Å². The second kappa shape index (κ2) is 17.1. The first-order valence-corrected chi connectivity index (χ1v) is 11.4. The lowest BCUT2D eigenvalue weighted by molar-refractivity contribution is 0.286. The first-order chi connectivity index (χ1) is 15.8. The first kappa shape index (κ1) is 25.7. The average molecular weight is 441 g/mol. The fourth-order valence-electron chi connectivity index (χ4n) is 2.94. The van der Waals surface area contributed by atoms with Gasteiger partial charge in [0, 0.05) is 50.1 Å². The molecular weight excluding hydrogens is 404 g/mol. The van der Waals surface area contributed by atoms with Crippen LogP contribution in [-0.4, -0.2) is 85.1 Å². The van der Waals surface area contributed by atoms with Crippen LogP contribution in [0.25, 0.3) is 0 Å². The summed E-state index contributed by atoms with van der Waals surface area (Å²) in [5, 5.41) is 24.0. The Morgan fingerprint density at radius 2 is 1.16 bits per heavy atom. The van der Waals surface area contributed by atoms with Crippen LogP contribution in [0.15, 0.2) is 46.4 Å². The molecule has 0 atom stereocenters. The molecule has 4 N–H and O–H groups in total. The molecule has 2 aromatic heterocycles. The first-order valence-electron chi connectivity index (χ1n) is 11.4. The Morgan fingerprint density at radius 3 is 1.59 bits per heavy atom. The van der Waals surface area contributed by atoms with E-state index in [-0.39, 0.29) is 13.2 Å². The number of nitrogens with zero attached hydrogens (tertiary/aromatic N) is 4. The molecule has 0 spiro atoms. The number of aliphatic hydroxyl groups is 2. The van der Waals surface area contributed by atoms with Crippen molar-refractivity contribution in [3.05, 3.63) is 59.2 Å². The van der Waals surface area contributed by atoms with Crippen molar-refractivity contribution in [2.45, 2.75) is 25.7 Å². The summed E-state index contributed by atoms with van der Waals surface area (Å²) in [7, 11) is 0. The number of aromatic nitrogens is 2. The minimum absolute atomic E-state index is 0.213. The highest BCUT2D eigenvalue weighted by Crippen LogP contribution is 2.05. The molecule has 0 unspecified atom stereocenters. The Hall–Kier alpha value is -2.52. The normalized spacial score (nSPS) is 11.7. The van der Waals surface area contributed by atoms with Gasteiger partial charge in [-0.15, -0.1) is 0 Å². The minimum Gasteiger partial charge on any atom is -0.396 e. The summed E-state index contributed by atoms with van der Waals surface area (Å²) in [6.07, 6.45) is 6.78. The van der Waals surface area contributed by atoms with Gasteiger partial charge in [0.1, 0.15) is 0 Å². The average Bonchev–Trinajstić information content (AvgIpc) is 2.82. The second-order valence-electron chi connectivity index (χ2n) is 7.33. The summed E-state index contributed by atoms with van der Waals surface area (Å²) in [5.74, 6) is 0. The molecule has 0 aliphatic heterocycles. The fourth-order valence-corrected chi connectivity index (χ4v) is 2.94. The highest BCUT2D eigenvalue weighted by Gasteiger charge is 2.01. The Bertz CT molecular complexity index is 745. The van der Waals surface area contributed by atoms with Crippen LogP contribution in [0.1, 0.15) is 35.6 Å². The maximum atomic E-state index is 8.75. The Kier molecular flexibility index (Phi) is 13.7. The third-order valence-electron chi connectivity index (χ3n) is 4.60. The standard InChI is InChI=1S/C24H36N6O2/c31-17-3-11-25-13-15-27-19-23-7-1-5-21(29-23)9-10-22-6-2-8-24(30-22)20-28-16-14-26-12-4-18-32/h1-2,5-8,19-20,25-26,31-32H,3-4,9-18H2. The van der Waals surface area contributed by atoms with Gasteiger partial charge in [0.05, 0.1) is 24.5 Å². The smallest absolute Gasteiger partial charge is 0.0811 e. The van der Waals surface area contributed by atoms with Gasteiger partial charge in [-0.2, -0.15) is 0 Å². The van der Waals surface area contributed by atoms with Crippen LogP contribution < -0.4 is 10.6 Å². The Labute approximate surface area is 191 Å². The van der Waals surface area contributed by atoms with Crippen LogP contribution in [0.3, 0.4) is 0 Å². The Morgan fingerprint density at radius 1 is 0.688 bits per heavy atom. The Balaban J connectivity index is 1.75. The van der Waals surface area contributed by atoms with Gasteiger partial charge in [0.15, 0.2) is 0 Å². The van der Waals surface area contributed by atoms with E-state index in [0.717, 1.165) is 74.6 Å². The molecule has 0 aliphatic carbocycles. The second-order valence-corrected chi connectivity index (χ2v) is 7.33. The van der Waals surface area contributed by atoms with Gasteiger partial charge < -0.3 is 20.8 Å². The number of hydrogen-bond donors (Lipinski definition) is 4. The van der Waals surface area contributed by atoms with Crippen molar-refractivity contribution in [3.8, 4) is 0 Å². The van der Waals surface area contributed by atoms with Crippen molar-refractivity contribution in [2.24, 2.45) is 9.98 Å². The molecule has 0 saturated heterocycles. The van der Waals surface area contributed by atoms with Crippen LogP contribution in [-0.2, 0) is 12.8 Å². The van der Waals surface area contributed by atoms with E-state index in [0.29, 0.717) is 13.1 Å². The summed E-state index contributed by atoms with van der Waals surface area (Å²) < 4.78 is 0. The van der Waals surface area contributed by atoms with E-state index in [9.17, 15) is 0 Å². The summed E-state index contributed by atoms with van der Waals surface area (Å²) in [6, 6.07) is 12.0. The number of nitrogens with one attached hydrogen (secondary N) is 2. The van der Waals surface area contributed by atoms with Gasteiger partial charge in [-0.25, -0.2) is 0 Å². The summed E-state index contributed by atoms with van der Waals surface area (Å²) >= 11 is 0. The van der Waals surface area contributed by atoms with Gasteiger partial charge in [-0.1, -0.05) is 12.1 Å². The van der Waals surface area contributed by atoms with Crippen molar-refractivity contribution >= 4 is 12.4 Å². The lowest BCUT2D eigenvalue weighted by Gasteiger charge is -2.04. The topological polar surface area (TPSA) is 115 Å². The number of pyridine rings is 2. The van der Waals surface area contributed by atoms with Crippen molar-refractivity contribution in [1.29, 1.82) is 0 Å². The lowest BCUT2D eigenvalue weighted by Crippen LogP contribution is -2.19. The molecule has 32 heavy (non-hydrogen) atoms. The van der Waals surface area contributed by atoms with Gasteiger partial charge >= 0.3 is 0 Å². The molecule has 0 saturated carbocycles. The fraction of sp³-hybridized carbons (Fsp3) is 0.500. The van der Waals surface area contributed by atoms with Gasteiger partial charge in [-0.05, 0) is 63.0 Å². The van der Waals surface area contributed by atoms with E-state index in [4.69, 9.17) is 10.2 Å². The van der Waals surface area contributed by atoms with Gasteiger partial charge in [0.2, 0.25) is 0 Å². The monoisotopic (exact) mass is 440 g/mol. The quantitative estimate of drug-likeness (QED) is 0.216. The number of aryl methyl sites for hydroxylation is 2. The summed E-state index contributed by atoms with van der Waals surface area (Å²) in [5.41, 5.74) is 3.76. The van der Waals surface area contributed by atoms with E-state index < -0.39 is 0 Å². The zero-order valence-corrected chi connectivity index (χ0v) is 18.8. The lowest BCUT2D eigenvalue weighted by atomic mass is 10.1. The molecule has 0 fully saturated rings. The molecule has 0 radical (unpaired) electrons. The molecule has 8 nitrogen and oxygen atoms in total. The predicted octanol–water partition coefficient (Wildman–Crippen LogP) is 1.04. The molecule has 174 valence electrons. The number of aliphatic hydroxyl groups excluding tert-OH is 2. The van der Waals surface area contributed by atoms with Crippen LogP contribution in [0.2, 0.25) is 0 Å². The molecule has 0 bridgehead atoms. The van der Waals surface area contributed by atoms with E-state index in [1.165, 1.54) is 0 Å². The third-order valence-corrected chi connectivity index (χ3v) is 4.60. The maximum absolute atomic E-state index is 8.75. The van der Waals surface area contributed by atoms with Gasteiger partial charge in [-0.3, -0.25) is 20.0 Å². The highest BCUT2D eigenvalue weighted by atomic mass is 16.3. The third kappa shape index (κ3) is 11.8. The molecule has 0 aromatic carbocycles. The van der Waals surface area contributed by atoms with Crippen LogP contribution >= 0.6 is 0 Å². The number of rotatable bonds is 17. The zero-order valence-electron chi connectivity index (χ0n) is 18.8. The summed E-state index contributed by atoms with van der Waals surface area (Å²) in [6.45, 7) is 5.01. The number of hydrogen-bond acceptors (Lipinski definition) is 8. The van der Waals surface area contributed by atoms with E-state index >= 15 is 0 Å². The van der Waals surface area contributed by atoms with Crippen molar-refractivity contribution < 1.29 is 10.2 Å². The van der Waals surface area contributed by atoms with E-state index in [1.54, 1.807) is 0 Å². The van der Waals surface area contributed by atoms with E-state index in [1.807, 2.05) is 48.8 Å². The van der Waals surface area contributed by atoms with Crippen molar-refractivity contribution in [3.63, 3.8) is 0 Å².